The van der Waals surface area contributed by atoms with Crippen molar-refractivity contribution in [1.82, 2.24) is 10.2 Å². The average molecular weight is 246 g/mol. The van der Waals surface area contributed by atoms with Gasteiger partial charge in [0, 0.05) is 6.54 Å². The Bertz CT molecular complexity index is 315. The summed E-state index contributed by atoms with van der Waals surface area (Å²) >= 11 is 0. The maximum absolute atomic E-state index is 3.24. The molecule has 2 nitrogen and oxygen atoms in total. The monoisotopic (exact) mass is 246 g/mol. The SMILES string of the molecule is CNCCCC1CCN(Cc2ccccc2)CC1. The lowest BCUT2D eigenvalue weighted by Gasteiger charge is -2.32. The van der Waals surface area contributed by atoms with E-state index in [1.165, 1.54) is 50.9 Å². The van der Waals surface area contributed by atoms with Crippen molar-refractivity contribution < 1.29 is 0 Å². The molecule has 1 aliphatic heterocycles. The van der Waals surface area contributed by atoms with Crippen LogP contribution in [0.1, 0.15) is 31.2 Å². The summed E-state index contributed by atoms with van der Waals surface area (Å²) in [5.74, 6) is 0.963. The summed E-state index contributed by atoms with van der Waals surface area (Å²) < 4.78 is 0. The zero-order chi connectivity index (χ0) is 12.6. The third-order valence-corrected chi connectivity index (χ3v) is 4.00. The quantitative estimate of drug-likeness (QED) is 0.776. The highest BCUT2D eigenvalue weighted by Gasteiger charge is 2.18. The van der Waals surface area contributed by atoms with Crippen molar-refractivity contribution in [2.75, 3.05) is 26.7 Å². The highest BCUT2D eigenvalue weighted by atomic mass is 15.1. The molecule has 1 N–H and O–H groups in total. The minimum Gasteiger partial charge on any atom is -0.320 e. The van der Waals surface area contributed by atoms with Crippen LogP contribution in [0.15, 0.2) is 30.3 Å². The topological polar surface area (TPSA) is 15.3 Å². The van der Waals surface area contributed by atoms with Gasteiger partial charge in [-0.25, -0.2) is 0 Å². The fourth-order valence-electron chi connectivity index (χ4n) is 2.84. The molecular formula is C16H26N2. The summed E-state index contributed by atoms with van der Waals surface area (Å²) in [4.78, 5) is 2.60. The molecule has 0 radical (unpaired) electrons. The van der Waals surface area contributed by atoms with E-state index >= 15 is 0 Å². The molecule has 2 heteroatoms. The van der Waals surface area contributed by atoms with Gasteiger partial charge in [0.15, 0.2) is 0 Å². The summed E-state index contributed by atoms with van der Waals surface area (Å²) in [6.07, 6.45) is 5.51. The highest BCUT2D eigenvalue weighted by Crippen LogP contribution is 2.22. The molecule has 2 rings (SSSR count). The van der Waals surface area contributed by atoms with Crippen molar-refractivity contribution in [1.29, 1.82) is 0 Å². The molecular weight excluding hydrogens is 220 g/mol. The van der Waals surface area contributed by atoms with E-state index in [9.17, 15) is 0 Å². The van der Waals surface area contributed by atoms with Gasteiger partial charge >= 0.3 is 0 Å². The van der Waals surface area contributed by atoms with E-state index in [0.29, 0.717) is 0 Å². The maximum atomic E-state index is 3.24. The van der Waals surface area contributed by atoms with Gasteiger partial charge in [0.05, 0.1) is 0 Å². The zero-order valence-electron chi connectivity index (χ0n) is 11.6. The number of rotatable bonds is 6. The number of hydrogen-bond donors (Lipinski definition) is 1. The van der Waals surface area contributed by atoms with Gasteiger partial charge in [0.1, 0.15) is 0 Å². The average Bonchev–Trinajstić information content (AvgIpc) is 2.42. The van der Waals surface area contributed by atoms with E-state index in [0.717, 1.165) is 12.5 Å². The number of nitrogens with zero attached hydrogens (tertiary/aromatic N) is 1. The van der Waals surface area contributed by atoms with Gasteiger partial charge in [-0.15, -0.1) is 0 Å². The molecule has 1 heterocycles. The Morgan fingerprint density at radius 2 is 1.89 bits per heavy atom. The molecule has 0 amide bonds. The molecule has 1 fully saturated rings. The van der Waals surface area contributed by atoms with Gasteiger partial charge in [-0.05, 0) is 63.8 Å². The van der Waals surface area contributed by atoms with Crippen LogP contribution in [0.25, 0.3) is 0 Å². The summed E-state index contributed by atoms with van der Waals surface area (Å²) in [5.41, 5.74) is 1.45. The first-order chi connectivity index (χ1) is 8.88. The first kappa shape index (κ1) is 13.6. The predicted molar refractivity (Wildman–Crippen MR) is 77.6 cm³/mol. The first-order valence-corrected chi connectivity index (χ1v) is 7.29. The molecule has 100 valence electrons. The Labute approximate surface area is 111 Å². The molecule has 0 bridgehead atoms. The molecule has 0 spiro atoms. The zero-order valence-corrected chi connectivity index (χ0v) is 11.6. The van der Waals surface area contributed by atoms with Crippen molar-refractivity contribution in [3.05, 3.63) is 35.9 Å². The van der Waals surface area contributed by atoms with Gasteiger partial charge in [0.2, 0.25) is 0 Å². The van der Waals surface area contributed by atoms with Gasteiger partial charge in [-0.1, -0.05) is 30.3 Å². The fourth-order valence-corrected chi connectivity index (χ4v) is 2.84. The fraction of sp³-hybridized carbons (Fsp3) is 0.625. The van der Waals surface area contributed by atoms with Crippen LogP contribution >= 0.6 is 0 Å². The second kappa shape index (κ2) is 7.55. The van der Waals surface area contributed by atoms with E-state index in [1.54, 1.807) is 0 Å². The van der Waals surface area contributed by atoms with E-state index in [4.69, 9.17) is 0 Å². The van der Waals surface area contributed by atoms with Crippen LogP contribution in [0.3, 0.4) is 0 Å². The van der Waals surface area contributed by atoms with Crippen LogP contribution in [0.2, 0.25) is 0 Å². The first-order valence-electron chi connectivity index (χ1n) is 7.29. The van der Waals surface area contributed by atoms with Crippen LogP contribution in [0.5, 0.6) is 0 Å². The number of benzene rings is 1. The molecule has 1 aliphatic rings. The summed E-state index contributed by atoms with van der Waals surface area (Å²) in [6.45, 7) is 4.85. The van der Waals surface area contributed by atoms with Gasteiger partial charge in [0.25, 0.3) is 0 Å². The predicted octanol–water partition coefficient (Wildman–Crippen LogP) is 2.90. The Hall–Kier alpha value is -0.860. The van der Waals surface area contributed by atoms with Crippen molar-refractivity contribution >= 4 is 0 Å². The Morgan fingerprint density at radius 1 is 1.17 bits per heavy atom. The number of hydrogen-bond acceptors (Lipinski definition) is 2. The lowest BCUT2D eigenvalue weighted by atomic mass is 9.92. The molecule has 18 heavy (non-hydrogen) atoms. The van der Waals surface area contributed by atoms with Gasteiger partial charge in [-0.3, -0.25) is 4.90 Å². The van der Waals surface area contributed by atoms with Crippen molar-refractivity contribution in [2.45, 2.75) is 32.2 Å². The van der Waals surface area contributed by atoms with E-state index < -0.39 is 0 Å². The molecule has 0 unspecified atom stereocenters. The second-order valence-electron chi connectivity index (χ2n) is 5.45. The van der Waals surface area contributed by atoms with Gasteiger partial charge < -0.3 is 5.32 Å². The summed E-state index contributed by atoms with van der Waals surface area (Å²) in [5, 5.41) is 3.24. The molecule has 0 aromatic heterocycles. The van der Waals surface area contributed by atoms with E-state index in [-0.39, 0.29) is 0 Å². The molecule has 0 atom stereocenters. The van der Waals surface area contributed by atoms with Crippen LogP contribution in [-0.4, -0.2) is 31.6 Å². The van der Waals surface area contributed by atoms with Crippen molar-refractivity contribution in [2.24, 2.45) is 5.92 Å². The Balaban J connectivity index is 1.67. The third-order valence-electron chi connectivity index (χ3n) is 4.00. The lowest BCUT2D eigenvalue weighted by Crippen LogP contribution is -2.33. The second-order valence-corrected chi connectivity index (χ2v) is 5.45. The minimum atomic E-state index is 0.963. The van der Waals surface area contributed by atoms with E-state index in [1.807, 2.05) is 7.05 Å². The third kappa shape index (κ3) is 4.43. The molecule has 0 aliphatic carbocycles. The highest BCUT2D eigenvalue weighted by molar-refractivity contribution is 5.14. The number of piperidine rings is 1. The van der Waals surface area contributed by atoms with Crippen LogP contribution in [0, 0.1) is 5.92 Å². The Kier molecular flexibility index (Phi) is 5.69. The van der Waals surface area contributed by atoms with Crippen molar-refractivity contribution in [3.8, 4) is 0 Å². The standard InChI is InChI=1S/C16H26N2/c1-17-11-5-8-15-9-12-18(13-10-15)14-16-6-3-2-4-7-16/h2-4,6-7,15,17H,5,8-14H2,1H3. The summed E-state index contributed by atoms with van der Waals surface area (Å²) in [7, 11) is 2.04. The lowest BCUT2D eigenvalue weighted by molar-refractivity contribution is 0.171. The van der Waals surface area contributed by atoms with Gasteiger partial charge in [-0.2, -0.15) is 0 Å². The summed E-state index contributed by atoms with van der Waals surface area (Å²) in [6, 6.07) is 10.8. The minimum absolute atomic E-state index is 0.963. The number of nitrogens with one attached hydrogen (secondary N) is 1. The van der Waals surface area contributed by atoms with Crippen molar-refractivity contribution in [3.63, 3.8) is 0 Å². The normalized spacial score (nSPS) is 18.1. The molecule has 1 aromatic rings. The number of likely N-dealkylation sites (tertiary alicyclic amines) is 1. The van der Waals surface area contributed by atoms with Crippen LogP contribution in [0.4, 0.5) is 0 Å². The van der Waals surface area contributed by atoms with E-state index in [2.05, 4.69) is 40.5 Å². The van der Waals surface area contributed by atoms with Crippen LogP contribution < -0.4 is 5.32 Å². The smallest absolute Gasteiger partial charge is 0.0233 e. The Morgan fingerprint density at radius 3 is 2.56 bits per heavy atom. The van der Waals surface area contributed by atoms with Crippen LogP contribution in [-0.2, 0) is 6.54 Å². The maximum Gasteiger partial charge on any atom is 0.0233 e. The largest absolute Gasteiger partial charge is 0.320 e. The molecule has 1 saturated heterocycles. The molecule has 1 aromatic carbocycles. The molecule has 0 saturated carbocycles.